The monoisotopic (exact) mass is 394 g/mol. The molecule has 0 aliphatic heterocycles. The van der Waals surface area contributed by atoms with Gasteiger partial charge in [0.1, 0.15) is 5.02 Å². The first-order valence-electron chi connectivity index (χ1n) is 7.72. The van der Waals surface area contributed by atoms with Crippen molar-refractivity contribution in [3.8, 4) is 5.75 Å². The van der Waals surface area contributed by atoms with Crippen LogP contribution in [0.3, 0.4) is 0 Å². The van der Waals surface area contributed by atoms with E-state index >= 15 is 0 Å². The quantitative estimate of drug-likeness (QED) is 0.262. The maximum atomic E-state index is 12.7. The third-order valence-corrected chi connectivity index (χ3v) is 4.70. The predicted octanol–water partition coefficient (Wildman–Crippen LogP) is 5.56. The lowest BCUT2D eigenvalue weighted by Gasteiger charge is -2.27. The highest BCUT2D eigenvalue weighted by Gasteiger charge is 2.46. The van der Waals surface area contributed by atoms with Crippen molar-refractivity contribution in [1.82, 2.24) is 0 Å². The fraction of sp³-hybridized carbons (Fsp3) is 0.529. The van der Waals surface area contributed by atoms with Gasteiger partial charge in [-0.2, -0.15) is 0 Å². The van der Waals surface area contributed by atoms with E-state index in [1.807, 2.05) is 13.8 Å². The summed E-state index contributed by atoms with van der Waals surface area (Å²) in [4.78, 5) is 25.2. The third kappa shape index (κ3) is 4.78. The molecule has 0 aliphatic carbocycles. The van der Waals surface area contributed by atoms with Gasteiger partial charge in [0.2, 0.25) is 0 Å². The fourth-order valence-electron chi connectivity index (χ4n) is 2.10. The molecule has 0 unspecified atom stereocenters. The van der Waals surface area contributed by atoms with Crippen LogP contribution in [0.2, 0.25) is 15.1 Å². The smallest absolute Gasteiger partial charge is 0.328 e. The van der Waals surface area contributed by atoms with Crippen LogP contribution in [-0.4, -0.2) is 18.5 Å². The fourth-order valence-corrected chi connectivity index (χ4v) is 2.72. The van der Waals surface area contributed by atoms with Crippen LogP contribution in [-0.2, 0) is 14.3 Å². The summed E-state index contributed by atoms with van der Waals surface area (Å²) in [5, 5.41) is 0.493. The Bertz CT molecular complexity index is 610. The highest BCUT2D eigenvalue weighted by atomic mass is 35.5. The molecule has 0 bridgehead atoms. The van der Waals surface area contributed by atoms with Gasteiger partial charge in [0.25, 0.3) is 0 Å². The van der Waals surface area contributed by atoms with Crippen molar-refractivity contribution in [3.63, 3.8) is 0 Å². The molecule has 0 N–H and O–H groups in total. The summed E-state index contributed by atoms with van der Waals surface area (Å²) in [7, 11) is 0. The molecule has 0 atom stereocenters. The number of carbonyl (C=O) groups excluding carboxylic acids is 2. The summed E-state index contributed by atoms with van der Waals surface area (Å²) >= 11 is 17.9. The Labute approximate surface area is 157 Å². The van der Waals surface area contributed by atoms with Gasteiger partial charge in [-0.25, -0.2) is 0 Å². The number of halogens is 3. The van der Waals surface area contributed by atoms with Gasteiger partial charge in [-0.3, -0.25) is 9.59 Å². The van der Waals surface area contributed by atoms with Crippen molar-refractivity contribution >= 4 is 46.7 Å². The van der Waals surface area contributed by atoms with Crippen molar-refractivity contribution in [2.75, 3.05) is 6.61 Å². The van der Waals surface area contributed by atoms with Crippen LogP contribution in [0.4, 0.5) is 0 Å². The number of ether oxygens (including phenoxy) is 2. The highest BCUT2D eigenvalue weighted by molar-refractivity contribution is 6.44. The molecule has 1 aromatic carbocycles. The first-order chi connectivity index (χ1) is 11.2. The molecular weight excluding hydrogens is 375 g/mol. The van der Waals surface area contributed by atoms with Crippen LogP contribution in [0.15, 0.2) is 12.1 Å². The third-order valence-electron chi connectivity index (χ3n) is 3.70. The lowest BCUT2D eigenvalue weighted by molar-refractivity contribution is -0.168. The van der Waals surface area contributed by atoms with E-state index in [-0.39, 0.29) is 46.2 Å². The molecule has 0 amide bonds. The van der Waals surface area contributed by atoms with E-state index in [9.17, 15) is 9.59 Å². The summed E-state index contributed by atoms with van der Waals surface area (Å²) in [6.07, 6.45) is 0.482. The van der Waals surface area contributed by atoms with Gasteiger partial charge in [-0.05, 0) is 24.8 Å². The van der Waals surface area contributed by atoms with Crippen molar-refractivity contribution in [2.45, 2.75) is 40.5 Å². The maximum Gasteiger partial charge on any atom is 0.328 e. The van der Waals surface area contributed by atoms with E-state index in [4.69, 9.17) is 44.3 Å². The van der Waals surface area contributed by atoms with E-state index in [0.29, 0.717) is 0 Å². The van der Waals surface area contributed by atoms with Gasteiger partial charge in [0.15, 0.2) is 11.2 Å². The Morgan fingerprint density at radius 2 is 1.67 bits per heavy atom. The molecule has 0 spiro atoms. The SMILES string of the molecule is CCC(CC)(C(=O)OCC(C)C)C(=O)Oc1cc(Cl)cc(Cl)c1Cl. The number of rotatable bonds is 7. The summed E-state index contributed by atoms with van der Waals surface area (Å²) in [5.74, 6) is -1.16. The van der Waals surface area contributed by atoms with E-state index in [1.165, 1.54) is 12.1 Å². The van der Waals surface area contributed by atoms with E-state index in [1.54, 1.807) is 13.8 Å². The van der Waals surface area contributed by atoms with Crippen LogP contribution in [0.5, 0.6) is 5.75 Å². The van der Waals surface area contributed by atoms with Crippen LogP contribution in [0.25, 0.3) is 0 Å². The summed E-state index contributed by atoms with van der Waals surface area (Å²) < 4.78 is 10.6. The Morgan fingerprint density at radius 3 is 2.17 bits per heavy atom. The Morgan fingerprint density at radius 1 is 1.08 bits per heavy atom. The zero-order chi connectivity index (χ0) is 18.5. The molecule has 134 valence electrons. The van der Waals surface area contributed by atoms with E-state index < -0.39 is 17.4 Å². The van der Waals surface area contributed by atoms with Crippen molar-refractivity contribution in [3.05, 3.63) is 27.2 Å². The average molecular weight is 396 g/mol. The molecule has 0 saturated carbocycles. The largest absolute Gasteiger partial charge is 0.465 e. The molecule has 0 aliphatic rings. The molecule has 0 radical (unpaired) electrons. The lowest BCUT2D eigenvalue weighted by Crippen LogP contribution is -2.43. The first kappa shape index (κ1) is 21.1. The molecule has 0 heterocycles. The zero-order valence-corrected chi connectivity index (χ0v) is 16.4. The number of esters is 2. The van der Waals surface area contributed by atoms with Gasteiger partial charge in [-0.15, -0.1) is 0 Å². The van der Waals surface area contributed by atoms with Crippen LogP contribution in [0, 0.1) is 11.3 Å². The second-order valence-corrected chi connectivity index (χ2v) is 7.09. The van der Waals surface area contributed by atoms with Crippen LogP contribution >= 0.6 is 34.8 Å². The van der Waals surface area contributed by atoms with E-state index in [2.05, 4.69) is 0 Å². The average Bonchev–Trinajstić information content (AvgIpc) is 2.51. The molecule has 0 aromatic heterocycles. The van der Waals surface area contributed by atoms with Crippen molar-refractivity contribution < 1.29 is 19.1 Å². The highest BCUT2D eigenvalue weighted by Crippen LogP contribution is 2.38. The minimum atomic E-state index is -1.40. The standard InChI is InChI=1S/C17H21Cl3O4/c1-5-17(6-2,15(21)23-9-10(3)4)16(22)24-13-8-11(18)7-12(19)14(13)20/h7-8,10H,5-6,9H2,1-4H3. The van der Waals surface area contributed by atoms with Crippen LogP contribution in [0.1, 0.15) is 40.5 Å². The van der Waals surface area contributed by atoms with Gasteiger partial charge >= 0.3 is 11.9 Å². The van der Waals surface area contributed by atoms with Gasteiger partial charge in [-0.1, -0.05) is 62.5 Å². The maximum absolute atomic E-state index is 12.7. The van der Waals surface area contributed by atoms with Crippen molar-refractivity contribution in [2.24, 2.45) is 11.3 Å². The zero-order valence-electron chi connectivity index (χ0n) is 14.1. The number of hydrogen-bond donors (Lipinski definition) is 0. The van der Waals surface area contributed by atoms with E-state index in [0.717, 1.165) is 0 Å². The Hall–Kier alpha value is -0.970. The van der Waals surface area contributed by atoms with Gasteiger partial charge in [0, 0.05) is 11.1 Å². The summed E-state index contributed by atoms with van der Waals surface area (Å²) in [6.45, 7) is 7.53. The topological polar surface area (TPSA) is 52.6 Å². The Balaban J connectivity index is 3.09. The van der Waals surface area contributed by atoms with Gasteiger partial charge < -0.3 is 9.47 Å². The molecule has 1 rings (SSSR count). The first-order valence-corrected chi connectivity index (χ1v) is 8.85. The van der Waals surface area contributed by atoms with Crippen LogP contribution < -0.4 is 4.74 Å². The summed E-state index contributed by atoms with van der Waals surface area (Å²) in [5.41, 5.74) is -1.40. The van der Waals surface area contributed by atoms with Crippen molar-refractivity contribution in [1.29, 1.82) is 0 Å². The second kappa shape index (κ2) is 8.93. The molecular formula is C17H21Cl3O4. The molecule has 24 heavy (non-hydrogen) atoms. The number of carbonyl (C=O) groups is 2. The van der Waals surface area contributed by atoms with Gasteiger partial charge in [0.05, 0.1) is 11.6 Å². The lowest BCUT2D eigenvalue weighted by atomic mass is 9.82. The molecule has 0 saturated heterocycles. The number of benzene rings is 1. The molecule has 4 nitrogen and oxygen atoms in total. The summed E-state index contributed by atoms with van der Waals surface area (Å²) in [6, 6.07) is 2.82. The Kier molecular flexibility index (Phi) is 7.84. The predicted molar refractivity (Wildman–Crippen MR) is 95.9 cm³/mol. The number of hydrogen-bond acceptors (Lipinski definition) is 4. The second-order valence-electron chi connectivity index (χ2n) is 5.87. The molecule has 0 fully saturated rings. The molecule has 1 aromatic rings. The minimum absolute atomic E-state index is 0.0158. The molecule has 7 heteroatoms. The normalized spacial score (nSPS) is 11.5. The minimum Gasteiger partial charge on any atom is -0.465 e.